The Kier molecular flexibility index (Phi) is 32.7. The molecular formula is C44H73NO7. The third-order valence-corrected chi connectivity index (χ3v) is 8.34. The highest BCUT2D eigenvalue weighted by Gasteiger charge is 2.25. The van der Waals surface area contributed by atoms with E-state index in [0.29, 0.717) is 12.8 Å². The zero-order valence-electron chi connectivity index (χ0n) is 33.4. The van der Waals surface area contributed by atoms with Crippen molar-refractivity contribution in [3.05, 3.63) is 72.9 Å². The van der Waals surface area contributed by atoms with Crippen molar-refractivity contribution in [2.75, 3.05) is 41.0 Å². The molecule has 0 saturated carbocycles. The number of carboxylic acid groups (broad SMARTS) is 1. The molecule has 0 aromatic rings. The molecule has 0 rings (SSSR count). The smallest absolute Gasteiger partial charge is 0.306 e. The largest absolute Gasteiger partial charge is 0.544 e. The normalized spacial score (nSPS) is 13.8. The van der Waals surface area contributed by atoms with Crippen molar-refractivity contribution in [3.63, 3.8) is 0 Å². The minimum Gasteiger partial charge on any atom is -0.544 e. The van der Waals surface area contributed by atoms with Gasteiger partial charge in [-0.3, -0.25) is 9.59 Å². The zero-order chi connectivity index (χ0) is 38.5. The molecule has 2 atom stereocenters. The zero-order valence-corrected chi connectivity index (χ0v) is 33.4. The van der Waals surface area contributed by atoms with Crippen LogP contribution in [0, 0.1) is 0 Å². The van der Waals surface area contributed by atoms with Gasteiger partial charge in [0.2, 0.25) is 0 Å². The van der Waals surface area contributed by atoms with Crippen LogP contribution in [0.4, 0.5) is 0 Å². The van der Waals surface area contributed by atoms with Gasteiger partial charge in [-0.15, -0.1) is 0 Å². The molecule has 0 fully saturated rings. The number of carbonyl (C=O) groups is 3. The lowest BCUT2D eigenvalue weighted by Crippen LogP contribution is -2.55. The standard InChI is InChI=1S/C44H73NO7/c1-6-8-10-12-14-16-18-20-21-23-25-27-29-31-33-35-43(47)52-40(38-50-37-36-41(44(48)49)45(3,4)5)39-51-42(46)34-32-30-28-26-24-22-19-17-15-13-11-9-7-2/h8-11,14-17,20-22,24,40-41H,6-7,12-13,18-19,23,25-39H2,1-5H3/b10-8-,11-9-,16-14-,17-15-,21-20-,24-22-. The Hall–Kier alpha value is -3.23. The van der Waals surface area contributed by atoms with Crippen LogP contribution in [0.3, 0.4) is 0 Å². The van der Waals surface area contributed by atoms with E-state index in [-0.39, 0.29) is 42.7 Å². The van der Waals surface area contributed by atoms with Gasteiger partial charge < -0.3 is 28.6 Å². The molecule has 52 heavy (non-hydrogen) atoms. The Morgan fingerprint density at radius 1 is 0.577 bits per heavy atom. The van der Waals surface area contributed by atoms with Gasteiger partial charge in [0.25, 0.3) is 0 Å². The van der Waals surface area contributed by atoms with Gasteiger partial charge in [0, 0.05) is 19.3 Å². The minimum absolute atomic E-state index is 0.0199. The Morgan fingerprint density at radius 3 is 1.52 bits per heavy atom. The molecule has 8 heteroatoms. The highest BCUT2D eigenvalue weighted by Crippen LogP contribution is 2.12. The highest BCUT2D eigenvalue weighted by molar-refractivity contribution is 5.70. The Balaban J connectivity index is 4.49. The second-order valence-corrected chi connectivity index (χ2v) is 14.1. The number of carboxylic acids is 1. The molecule has 0 heterocycles. The fourth-order valence-electron chi connectivity index (χ4n) is 5.27. The van der Waals surface area contributed by atoms with E-state index in [1.165, 1.54) is 0 Å². The number of quaternary nitrogens is 1. The fraction of sp³-hybridized carbons (Fsp3) is 0.659. The van der Waals surface area contributed by atoms with Crippen molar-refractivity contribution in [1.82, 2.24) is 0 Å². The minimum atomic E-state index is -1.14. The third kappa shape index (κ3) is 32.7. The van der Waals surface area contributed by atoms with Crippen molar-refractivity contribution >= 4 is 17.9 Å². The topological polar surface area (TPSA) is 102 Å². The summed E-state index contributed by atoms with van der Waals surface area (Å²) in [5.74, 6) is -1.81. The molecule has 0 N–H and O–H groups in total. The summed E-state index contributed by atoms with van der Waals surface area (Å²) >= 11 is 0. The van der Waals surface area contributed by atoms with Crippen LogP contribution < -0.4 is 5.11 Å². The molecule has 2 unspecified atom stereocenters. The van der Waals surface area contributed by atoms with Gasteiger partial charge in [-0.2, -0.15) is 0 Å². The van der Waals surface area contributed by atoms with Crippen molar-refractivity contribution in [2.45, 2.75) is 148 Å². The summed E-state index contributed by atoms with van der Waals surface area (Å²) in [7, 11) is 5.37. The molecule has 296 valence electrons. The molecule has 0 aromatic heterocycles. The summed E-state index contributed by atoms with van der Waals surface area (Å²) in [4.78, 5) is 36.7. The lowest BCUT2D eigenvalue weighted by Gasteiger charge is -2.34. The lowest BCUT2D eigenvalue weighted by molar-refractivity contribution is -0.889. The van der Waals surface area contributed by atoms with E-state index in [4.69, 9.17) is 14.2 Å². The number of rotatable bonds is 34. The SMILES string of the molecule is CC/C=C\C/C=C\C/C=C\CCCCCCCC(=O)OC(COCCC(C(=O)[O-])[N+](C)(C)C)COC(=O)CCCCC/C=C\C/C=C\C/C=C\CC. The summed E-state index contributed by atoms with van der Waals surface area (Å²) in [5.41, 5.74) is 0. The van der Waals surface area contributed by atoms with E-state index in [9.17, 15) is 19.5 Å². The van der Waals surface area contributed by atoms with E-state index in [2.05, 4.69) is 86.8 Å². The molecule has 0 spiro atoms. The van der Waals surface area contributed by atoms with Crippen molar-refractivity contribution < 1.29 is 38.2 Å². The van der Waals surface area contributed by atoms with E-state index in [1.807, 2.05) is 0 Å². The fourth-order valence-corrected chi connectivity index (χ4v) is 5.27. The maximum atomic E-state index is 12.7. The first-order chi connectivity index (χ1) is 25.1. The van der Waals surface area contributed by atoms with E-state index >= 15 is 0 Å². The number of hydrogen-bond acceptors (Lipinski definition) is 7. The second-order valence-electron chi connectivity index (χ2n) is 14.1. The lowest BCUT2D eigenvalue weighted by atomic mass is 10.1. The number of ether oxygens (including phenoxy) is 3. The summed E-state index contributed by atoms with van der Waals surface area (Å²) < 4.78 is 17.1. The number of nitrogens with zero attached hydrogens (tertiary/aromatic N) is 1. The summed E-state index contributed by atoms with van der Waals surface area (Å²) in [5, 5.41) is 11.6. The maximum Gasteiger partial charge on any atom is 0.306 e. The van der Waals surface area contributed by atoms with Crippen LogP contribution in [0.2, 0.25) is 0 Å². The maximum absolute atomic E-state index is 12.7. The van der Waals surface area contributed by atoms with E-state index in [1.54, 1.807) is 21.1 Å². The average molecular weight is 728 g/mol. The van der Waals surface area contributed by atoms with Gasteiger partial charge in [-0.25, -0.2) is 0 Å². The molecule has 0 bridgehead atoms. The van der Waals surface area contributed by atoms with Crippen LogP contribution in [0.25, 0.3) is 0 Å². The van der Waals surface area contributed by atoms with Crippen LogP contribution in [-0.2, 0) is 28.6 Å². The number of aliphatic carboxylic acids is 1. The van der Waals surface area contributed by atoms with Crippen LogP contribution in [-0.4, -0.2) is 75.5 Å². The molecule has 0 aromatic carbocycles. The van der Waals surface area contributed by atoms with Crippen LogP contribution in [0.5, 0.6) is 0 Å². The summed E-state index contributed by atoms with van der Waals surface area (Å²) in [6.45, 7) is 4.35. The summed E-state index contributed by atoms with van der Waals surface area (Å²) in [6.07, 6.45) is 42.1. The number of unbranched alkanes of at least 4 members (excludes halogenated alkanes) is 8. The van der Waals surface area contributed by atoms with Gasteiger partial charge in [0.05, 0.1) is 40.3 Å². The van der Waals surface area contributed by atoms with E-state index < -0.39 is 18.1 Å². The van der Waals surface area contributed by atoms with Crippen molar-refractivity contribution in [3.8, 4) is 0 Å². The van der Waals surface area contributed by atoms with Crippen LogP contribution in [0.1, 0.15) is 136 Å². The van der Waals surface area contributed by atoms with Gasteiger partial charge in [-0.05, 0) is 77.0 Å². The first-order valence-corrected chi connectivity index (χ1v) is 20.0. The van der Waals surface area contributed by atoms with Crippen LogP contribution in [0.15, 0.2) is 72.9 Å². The molecule has 0 aliphatic rings. The molecule has 0 aliphatic heterocycles. The summed E-state index contributed by atoms with van der Waals surface area (Å²) in [6, 6.07) is -0.736. The number of allylic oxidation sites excluding steroid dienone is 12. The molecule has 8 nitrogen and oxygen atoms in total. The van der Waals surface area contributed by atoms with Crippen molar-refractivity contribution in [2.24, 2.45) is 0 Å². The predicted octanol–water partition coefficient (Wildman–Crippen LogP) is 9.07. The average Bonchev–Trinajstić information content (AvgIpc) is 3.09. The van der Waals surface area contributed by atoms with Crippen molar-refractivity contribution in [1.29, 1.82) is 0 Å². The Labute approximate surface area is 317 Å². The highest BCUT2D eigenvalue weighted by atomic mass is 16.6. The van der Waals surface area contributed by atoms with Gasteiger partial charge in [0.1, 0.15) is 12.6 Å². The first kappa shape index (κ1) is 48.8. The number of esters is 2. The number of carbonyl (C=O) groups excluding carboxylic acids is 3. The first-order valence-electron chi connectivity index (χ1n) is 20.0. The number of likely N-dealkylation sites (N-methyl/N-ethyl adjacent to an activating group) is 1. The van der Waals surface area contributed by atoms with Crippen LogP contribution >= 0.6 is 0 Å². The molecule has 0 saturated heterocycles. The van der Waals surface area contributed by atoms with Gasteiger partial charge >= 0.3 is 11.9 Å². The Bertz CT molecular complexity index is 1080. The predicted molar refractivity (Wildman–Crippen MR) is 212 cm³/mol. The quantitative estimate of drug-likeness (QED) is 0.0282. The Morgan fingerprint density at radius 2 is 1.02 bits per heavy atom. The molecule has 0 radical (unpaired) electrons. The van der Waals surface area contributed by atoms with E-state index in [0.717, 1.165) is 103 Å². The third-order valence-electron chi connectivity index (χ3n) is 8.34. The monoisotopic (exact) mass is 728 g/mol. The second kappa shape index (κ2) is 34.8. The number of hydrogen-bond donors (Lipinski definition) is 0. The molecular weight excluding hydrogens is 654 g/mol. The van der Waals surface area contributed by atoms with Gasteiger partial charge in [0.15, 0.2) is 6.10 Å². The molecule has 0 amide bonds. The molecule has 0 aliphatic carbocycles. The van der Waals surface area contributed by atoms with Gasteiger partial charge in [-0.1, -0.05) is 112 Å².